The first-order chi connectivity index (χ1) is 9.52. The Bertz CT molecular complexity index is 403. The number of aliphatic carboxylic acids is 1. The summed E-state index contributed by atoms with van der Waals surface area (Å²) < 4.78 is 10.9. The first kappa shape index (κ1) is 16.3. The second-order valence-corrected chi connectivity index (χ2v) is 4.75. The molecule has 0 fully saturated rings. The van der Waals surface area contributed by atoms with E-state index in [0.717, 1.165) is 5.75 Å². The van der Waals surface area contributed by atoms with Crippen molar-refractivity contribution in [3.8, 4) is 11.5 Å². The smallest absolute Gasteiger partial charge is 0.320 e. The first-order valence-corrected chi connectivity index (χ1v) is 6.87. The average molecular weight is 281 g/mol. The highest BCUT2D eigenvalue weighted by atomic mass is 16.5. The molecule has 0 aliphatic heterocycles. The van der Waals surface area contributed by atoms with Crippen LogP contribution in [0.4, 0.5) is 0 Å². The van der Waals surface area contributed by atoms with Gasteiger partial charge in [-0.2, -0.15) is 0 Å². The third-order valence-electron chi connectivity index (χ3n) is 2.64. The van der Waals surface area contributed by atoms with Crippen LogP contribution in [0.2, 0.25) is 0 Å². The number of hydrogen-bond acceptors (Lipinski definition) is 4. The molecule has 0 heterocycles. The molecule has 0 bridgehead atoms. The van der Waals surface area contributed by atoms with Crippen LogP contribution >= 0.6 is 0 Å². The zero-order valence-corrected chi connectivity index (χ0v) is 12.3. The van der Waals surface area contributed by atoms with Gasteiger partial charge in [-0.15, -0.1) is 0 Å². The Morgan fingerprint density at radius 3 is 2.20 bits per heavy atom. The summed E-state index contributed by atoms with van der Waals surface area (Å²) in [6.07, 6.45) is 0.417. The van der Waals surface area contributed by atoms with Gasteiger partial charge in [0.15, 0.2) is 0 Å². The summed E-state index contributed by atoms with van der Waals surface area (Å²) >= 11 is 0. The van der Waals surface area contributed by atoms with E-state index in [1.165, 1.54) is 0 Å². The summed E-state index contributed by atoms with van der Waals surface area (Å²) in [5, 5.41) is 12.1. The molecule has 1 atom stereocenters. The molecule has 1 unspecified atom stereocenters. The van der Waals surface area contributed by atoms with Crippen molar-refractivity contribution in [1.29, 1.82) is 0 Å². The molecule has 1 aromatic carbocycles. The number of ether oxygens (including phenoxy) is 2. The molecule has 20 heavy (non-hydrogen) atoms. The minimum Gasteiger partial charge on any atom is -0.494 e. The summed E-state index contributed by atoms with van der Waals surface area (Å²) in [4.78, 5) is 11.1. The summed E-state index contributed by atoms with van der Waals surface area (Å²) in [6, 6.07) is 6.84. The molecule has 0 aromatic heterocycles. The number of carboxylic acids is 1. The predicted molar refractivity (Wildman–Crippen MR) is 77.4 cm³/mol. The van der Waals surface area contributed by atoms with E-state index >= 15 is 0 Å². The quantitative estimate of drug-likeness (QED) is 0.727. The molecule has 1 aromatic rings. The van der Waals surface area contributed by atoms with Crippen LogP contribution in [0.1, 0.15) is 27.2 Å². The lowest BCUT2D eigenvalue weighted by atomic mass is 10.2. The monoisotopic (exact) mass is 281 g/mol. The normalized spacial score (nSPS) is 12.2. The van der Waals surface area contributed by atoms with E-state index in [9.17, 15) is 4.79 Å². The van der Waals surface area contributed by atoms with Crippen LogP contribution in [0.25, 0.3) is 0 Å². The van der Waals surface area contributed by atoms with Crippen LogP contribution < -0.4 is 14.8 Å². The van der Waals surface area contributed by atoms with Crippen LogP contribution in [0.5, 0.6) is 11.5 Å². The zero-order valence-electron chi connectivity index (χ0n) is 12.3. The molecule has 0 saturated heterocycles. The molecular formula is C15H23NO4. The number of benzene rings is 1. The SMILES string of the molecule is CCOc1ccc(OCCC(NC(C)C)C(=O)O)cc1. The minimum atomic E-state index is -0.853. The summed E-state index contributed by atoms with van der Waals surface area (Å²) in [5.74, 6) is 0.654. The Balaban J connectivity index is 2.40. The Hall–Kier alpha value is -1.75. The van der Waals surface area contributed by atoms with E-state index in [-0.39, 0.29) is 6.04 Å². The fourth-order valence-electron chi connectivity index (χ4n) is 1.77. The van der Waals surface area contributed by atoms with Crippen LogP contribution in [-0.2, 0) is 4.79 Å². The lowest BCUT2D eigenvalue weighted by Crippen LogP contribution is -2.41. The molecule has 112 valence electrons. The van der Waals surface area contributed by atoms with Gasteiger partial charge in [0.05, 0.1) is 13.2 Å². The van der Waals surface area contributed by atoms with Crippen LogP contribution in [0, 0.1) is 0 Å². The number of nitrogens with one attached hydrogen (secondary N) is 1. The van der Waals surface area contributed by atoms with E-state index in [0.29, 0.717) is 25.4 Å². The summed E-state index contributed by atoms with van der Waals surface area (Å²) in [5.41, 5.74) is 0. The van der Waals surface area contributed by atoms with Crippen LogP contribution in [-0.4, -0.2) is 36.4 Å². The third-order valence-corrected chi connectivity index (χ3v) is 2.64. The first-order valence-electron chi connectivity index (χ1n) is 6.87. The topological polar surface area (TPSA) is 67.8 Å². The third kappa shape index (κ3) is 5.93. The van der Waals surface area contributed by atoms with Gasteiger partial charge in [-0.05, 0) is 31.2 Å². The van der Waals surface area contributed by atoms with Crippen LogP contribution in [0.15, 0.2) is 24.3 Å². The van der Waals surface area contributed by atoms with Gasteiger partial charge < -0.3 is 19.9 Å². The van der Waals surface area contributed by atoms with Gasteiger partial charge in [0, 0.05) is 12.5 Å². The highest BCUT2D eigenvalue weighted by molar-refractivity contribution is 5.73. The van der Waals surface area contributed by atoms with Crippen molar-refractivity contribution >= 4 is 5.97 Å². The fourth-order valence-corrected chi connectivity index (χ4v) is 1.77. The Labute approximate surface area is 119 Å². The molecular weight excluding hydrogens is 258 g/mol. The van der Waals surface area contributed by atoms with Crippen molar-refractivity contribution in [2.24, 2.45) is 0 Å². The van der Waals surface area contributed by atoms with Gasteiger partial charge in [-0.25, -0.2) is 0 Å². The van der Waals surface area contributed by atoms with E-state index in [1.807, 2.05) is 45.0 Å². The van der Waals surface area contributed by atoms with Gasteiger partial charge in [0.1, 0.15) is 17.5 Å². The molecule has 2 N–H and O–H groups in total. The van der Waals surface area contributed by atoms with Crippen molar-refractivity contribution < 1.29 is 19.4 Å². The maximum absolute atomic E-state index is 11.1. The molecule has 0 saturated carbocycles. The van der Waals surface area contributed by atoms with Crippen LogP contribution in [0.3, 0.4) is 0 Å². The molecule has 0 spiro atoms. The van der Waals surface area contributed by atoms with E-state index < -0.39 is 12.0 Å². The molecule has 0 aliphatic carbocycles. The molecule has 5 heteroatoms. The molecule has 0 radical (unpaired) electrons. The highest BCUT2D eigenvalue weighted by Gasteiger charge is 2.17. The lowest BCUT2D eigenvalue weighted by Gasteiger charge is -2.17. The molecule has 0 amide bonds. The Kier molecular flexibility index (Phi) is 6.87. The number of rotatable bonds is 9. The molecule has 5 nitrogen and oxygen atoms in total. The predicted octanol–water partition coefficient (Wildman–Crippen LogP) is 2.31. The summed E-state index contributed by atoms with van der Waals surface area (Å²) in [6.45, 7) is 6.75. The standard InChI is InChI=1S/C15H23NO4/c1-4-19-12-5-7-13(8-6-12)20-10-9-14(15(17)18)16-11(2)3/h5-8,11,14,16H,4,9-10H2,1-3H3,(H,17,18). The van der Waals surface area contributed by atoms with Gasteiger partial charge in [-0.1, -0.05) is 13.8 Å². The van der Waals surface area contributed by atoms with Crippen molar-refractivity contribution in [3.63, 3.8) is 0 Å². The molecule has 0 aliphatic rings. The minimum absolute atomic E-state index is 0.126. The van der Waals surface area contributed by atoms with Crippen molar-refractivity contribution in [1.82, 2.24) is 5.32 Å². The maximum Gasteiger partial charge on any atom is 0.320 e. The second kappa shape index (κ2) is 8.43. The largest absolute Gasteiger partial charge is 0.494 e. The average Bonchev–Trinajstić information content (AvgIpc) is 2.39. The van der Waals surface area contributed by atoms with E-state index in [2.05, 4.69) is 5.32 Å². The Morgan fingerprint density at radius 2 is 1.75 bits per heavy atom. The van der Waals surface area contributed by atoms with Crippen molar-refractivity contribution in [2.75, 3.05) is 13.2 Å². The van der Waals surface area contributed by atoms with Crippen molar-refractivity contribution in [3.05, 3.63) is 24.3 Å². The highest BCUT2D eigenvalue weighted by Crippen LogP contribution is 2.17. The zero-order chi connectivity index (χ0) is 15.0. The van der Waals surface area contributed by atoms with E-state index in [1.54, 1.807) is 0 Å². The van der Waals surface area contributed by atoms with Gasteiger partial charge in [0.2, 0.25) is 0 Å². The Morgan fingerprint density at radius 1 is 1.20 bits per heavy atom. The van der Waals surface area contributed by atoms with E-state index in [4.69, 9.17) is 14.6 Å². The van der Waals surface area contributed by atoms with Crippen molar-refractivity contribution in [2.45, 2.75) is 39.3 Å². The molecule has 1 rings (SSSR count). The summed E-state index contributed by atoms with van der Waals surface area (Å²) in [7, 11) is 0. The number of carboxylic acid groups (broad SMARTS) is 1. The maximum atomic E-state index is 11.1. The fraction of sp³-hybridized carbons (Fsp3) is 0.533. The van der Waals surface area contributed by atoms with Gasteiger partial charge in [-0.3, -0.25) is 4.79 Å². The number of carbonyl (C=O) groups is 1. The van der Waals surface area contributed by atoms with Gasteiger partial charge in [0.25, 0.3) is 0 Å². The second-order valence-electron chi connectivity index (χ2n) is 4.75. The lowest BCUT2D eigenvalue weighted by molar-refractivity contribution is -0.140. The number of hydrogen-bond donors (Lipinski definition) is 2. The van der Waals surface area contributed by atoms with Gasteiger partial charge >= 0.3 is 5.97 Å².